The molecule has 0 spiro atoms. The molecule has 0 fully saturated rings. The molecule has 2 N–H and O–H groups in total. The first-order valence-electron chi connectivity index (χ1n) is 7.01. The van der Waals surface area contributed by atoms with Gasteiger partial charge in [0.2, 0.25) is 0 Å². The summed E-state index contributed by atoms with van der Waals surface area (Å²) in [6.45, 7) is 0.746. The van der Waals surface area contributed by atoms with Gasteiger partial charge < -0.3 is 10.6 Å². The molecule has 2 rings (SSSR count). The highest BCUT2D eigenvalue weighted by atomic mass is 32.2. The molecule has 0 saturated heterocycles. The molecule has 0 heterocycles. The lowest BCUT2D eigenvalue weighted by Gasteiger charge is -2.08. The zero-order valence-corrected chi connectivity index (χ0v) is 13.5. The number of carbonyl (C=O) groups is 1. The molecule has 0 aliphatic heterocycles. The van der Waals surface area contributed by atoms with Crippen molar-refractivity contribution in [2.24, 2.45) is 0 Å². The standard InChI is InChI=1S/C17H17N3O2S/c1-23(22)16-7-5-13(6-8-16)11-19-17(21)20-12-15-4-2-3-14(9-15)10-18/h2-9H,11-12H2,1H3,(H2,19,20,21)/t23-/m1/s1. The number of urea groups is 1. The molecule has 0 saturated carbocycles. The van der Waals surface area contributed by atoms with Gasteiger partial charge in [-0.15, -0.1) is 0 Å². The summed E-state index contributed by atoms with van der Waals surface area (Å²) >= 11 is 0. The number of nitriles is 1. The minimum atomic E-state index is -1.000. The van der Waals surface area contributed by atoms with Gasteiger partial charge in [0.15, 0.2) is 0 Å². The normalized spacial score (nSPS) is 11.3. The van der Waals surface area contributed by atoms with E-state index in [4.69, 9.17) is 5.26 Å². The summed E-state index contributed by atoms with van der Waals surface area (Å²) in [6.07, 6.45) is 1.63. The first-order valence-corrected chi connectivity index (χ1v) is 8.57. The predicted octanol–water partition coefficient (Wildman–Crippen LogP) is 2.30. The molecule has 2 aromatic rings. The molecular weight excluding hydrogens is 310 g/mol. The Morgan fingerprint density at radius 2 is 1.74 bits per heavy atom. The number of nitrogens with one attached hydrogen (secondary N) is 2. The van der Waals surface area contributed by atoms with Crippen molar-refractivity contribution in [2.75, 3.05) is 6.26 Å². The minimum Gasteiger partial charge on any atom is -0.334 e. The second kappa shape index (κ2) is 8.11. The van der Waals surface area contributed by atoms with Crippen LogP contribution in [0.3, 0.4) is 0 Å². The molecule has 0 unspecified atom stereocenters. The van der Waals surface area contributed by atoms with Gasteiger partial charge in [0.25, 0.3) is 0 Å². The van der Waals surface area contributed by atoms with Crippen LogP contribution in [0.2, 0.25) is 0 Å². The summed E-state index contributed by atoms with van der Waals surface area (Å²) in [5.41, 5.74) is 2.37. The maximum atomic E-state index is 11.8. The summed E-state index contributed by atoms with van der Waals surface area (Å²) in [6, 6.07) is 16.1. The van der Waals surface area contributed by atoms with E-state index < -0.39 is 10.8 Å². The van der Waals surface area contributed by atoms with Crippen molar-refractivity contribution < 1.29 is 9.00 Å². The Morgan fingerprint density at radius 1 is 1.09 bits per heavy atom. The lowest BCUT2D eigenvalue weighted by atomic mass is 10.1. The van der Waals surface area contributed by atoms with Crippen molar-refractivity contribution >= 4 is 16.8 Å². The van der Waals surface area contributed by atoms with Gasteiger partial charge in [-0.05, 0) is 35.4 Å². The van der Waals surface area contributed by atoms with Crippen molar-refractivity contribution in [1.82, 2.24) is 10.6 Å². The Kier molecular flexibility index (Phi) is 5.89. The molecule has 5 nitrogen and oxygen atoms in total. The summed E-state index contributed by atoms with van der Waals surface area (Å²) in [5, 5.41) is 14.3. The monoisotopic (exact) mass is 327 g/mol. The number of nitrogens with zero attached hydrogens (tertiary/aromatic N) is 1. The van der Waals surface area contributed by atoms with E-state index in [9.17, 15) is 9.00 Å². The van der Waals surface area contributed by atoms with Gasteiger partial charge in [0.05, 0.1) is 11.6 Å². The van der Waals surface area contributed by atoms with Crippen LogP contribution in [0, 0.1) is 11.3 Å². The molecule has 2 amide bonds. The summed E-state index contributed by atoms with van der Waals surface area (Å²) in [4.78, 5) is 12.5. The van der Waals surface area contributed by atoms with Gasteiger partial charge in [-0.25, -0.2) is 4.79 Å². The lowest BCUT2D eigenvalue weighted by molar-refractivity contribution is 0.240. The highest BCUT2D eigenvalue weighted by molar-refractivity contribution is 7.84. The molecule has 6 heteroatoms. The second-order valence-corrected chi connectivity index (χ2v) is 6.33. The Balaban J connectivity index is 1.80. The van der Waals surface area contributed by atoms with Crippen molar-refractivity contribution in [3.05, 3.63) is 65.2 Å². The topological polar surface area (TPSA) is 82.0 Å². The Hall–Kier alpha value is -2.65. The van der Waals surface area contributed by atoms with E-state index in [2.05, 4.69) is 16.7 Å². The minimum absolute atomic E-state index is 0.282. The number of amides is 2. The average Bonchev–Trinajstić information content (AvgIpc) is 2.58. The van der Waals surface area contributed by atoms with Gasteiger partial charge >= 0.3 is 6.03 Å². The van der Waals surface area contributed by atoms with Crippen LogP contribution in [0.15, 0.2) is 53.4 Å². The smallest absolute Gasteiger partial charge is 0.315 e. The van der Waals surface area contributed by atoms with Crippen LogP contribution in [0.25, 0.3) is 0 Å². The van der Waals surface area contributed by atoms with Crippen LogP contribution in [-0.4, -0.2) is 16.5 Å². The molecule has 118 valence electrons. The first kappa shape index (κ1) is 16.7. The zero-order valence-electron chi connectivity index (χ0n) is 12.7. The first-order chi connectivity index (χ1) is 11.1. The molecule has 0 aliphatic rings. The molecule has 0 radical (unpaired) electrons. The molecule has 23 heavy (non-hydrogen) atoms. The number of hydrogen-bond donors (Lipinski definition) is 2. The summed E-state index contributed by atoms with van der Waals surface area (Å²) in [5.74, 6) is 0. The molecule has 1 atom stereocenters. The molecule has 0 aliphatic carbocycles. The van der Waals surface area contributed by atoms with Crippen LogP contribution in [-0.2, 0) is 23.9 Å². The number of hydrogen-bond acceptors (Lipinski definition) is 3. The van der Waals surface area contributed by atoms with E-state index >= 15 is 0 Å². The lowest BCUT2D eigenvalue weighted by Crippen LogP contribution is -2.34. The molecule has 0 bridgehead atoms. The van der Waals surface area contributed by atoms with E-state index in [-0.39, 0.29) is 6.03 Å². The Labute approximate surface area is 137 Å². The highest BCUT2D eigenvalue weighted by Crippen LogP contribution is 2.07. The van der Waals surface area contributed by atoms with E-state index in [1.807, 2.05) is 18.2 Å². The van der Waals surface area contributed by atoms with Gasteiger partial charge in [0, 0.05) is 35.0 Å². The third-order valence-corrected chi connectivity index (χ3v) is 4.15. The van der Waals surface area contributed by atoms with Crippen LogP contribution in [0.4, 0.5) is 4.79 Å². The van der Waals surface area contributed by atoms with Gasteiger partial charge in [0.1, 0.15) is 0 Å². The van der Waals surface area contributed by atoms with Crippen LogP contribution >= 0.6 is 0 Å². The van der Waals surface area contributed by atoms with Gasteiger partial charge in [-0.2, -0.15) is 5.26 Å². The molecular formula is C17H17N3O2S. The Bertz CT molecular complexity index is 751. The fourth-order valence-corrected chi connectivity index (χ4v) is 2.50. The van der Waals surface area contributed by atoms with Crippen molar-refractivity contribution in [1.29, 1.82) is 5.26 Å². The zero-order chi connectivity index (χ0) is 16.7. The van der Waals surface area contributed by atoms with E-state index in [0.29, 0.717) is 18.7 Å². The number of rotatable bonds is 5. The average molecular weight is 327 g/mol. The maximum absolute atomic E-state index is 11.8. The van der Waals surface area contributed by atoms with Crippen LogP contribution in [0.1, 0.15) is 16.7 Å². The quantitative estimate of drug-likeness (QED) is 0.884. The van der Waals surface area contributed by atoms with Crippen molar-refractivity contribution in [3.8, 4) is 6.07 Å². The predicted molar refractivity (Wildman–Crippen MR) is 89.0 cm³/mol. The fourth-order valence-electron chi connectivity index (χ4n) is 1.98. The maximum Gasteiger partial charge on any atom is 0.315 e. The second-order valence-electron chi connectivity index (χ2n) is 4.95. The fraction of sp³-hybridized carbons (Fsp3) is 0.176. The highest BCUT2D eigenvalue weighted by Gasteiger charge is 2.02. The largest absolute Gasteiger partial charge is 0.334 e. The summed E-state index contributed by atoms with van der Waals surface area (Å²) in [7, 11) is -1.000. The van der Waals surface area contributed by atoms with E-state index in [1.165, 1.54) is 0 Å². The number of benzene rings is 2. The van der Waals surface area contributed by atoms with Gasteiger partial charge in [-0.1, -0.05) is 24.3 Å². The molecule has 2 aromatic carbocycles. The van der Waals surface area contributed by atoms with Crippen molar-refractivity contribution in [3.63, 3.8) is 0 Å². The van der Waals surface area contributed by atoms with Crippen LogP contribution in [0.5, 0.6) is 0 Å². The van der Waals surface area contributed by atoms with Gasteiger partial charge in [-0.3, -0.25) is 4.21 Å². The third-order valence-electron chi connectivity index (χ3n) is 3.22. The Morgan fingerprint density at radius 3 is 2.35 bits per heavy atom. The van der Waals surface area contributed by atoms with E-state index in [0.717, 1.165) is 16.0 Å². The number of carbonyl (C=O) groups excluding carboxylic acids is 1. The van der Waals surface area contributed by atoms with Crippen molar-refractivity contribution in [2.45, 2.75) is 18.0 Å². The van der Waals surface area contributed by atoms with E-state index in [1.54, 1.807) is 36.6 Å². The summed E-state index contributed by atoms with van der Waals surface area (Å²) < 4.78 is 11.3. The third kappa shape index (κ3) is 5.24. The molecule has 0 aromatic heterocycles. The SMILES string of the molecule is C[S@@](=O)c1ccc(CNC(=O)NCc2cccc(C#N)c2)cc1. The van der Waals surface area contributed by atoms with Crippen LogP contribution < -0.4 is 10.6 Å².